The number of benzene rings is 1. The van der Waals surface area contributed by atoms with Crippen molar-refractivity contribution in [1.82, 2.24) is 14.6 Å². The molecule has 0 spiro atoms. The number of carbonyl (C=O) groups excluding carboxylic acids is 1. The smallest absolute Gasteiger partial charge is 0.197 e. The van der Waals surface area contributed by atoms with E-state index in [0.717, 1.165) is 22.5 Å². The highest BCUT2D eigenvalue weighted by atomic mass is 16.1. The van der Waals surface area contributed by atoms with Gasteiger partial charge in [0, 0.05) is 23.4 Å². The number of ketones is 1. The van der Waals surface area contributed by atoms with Crippen LogP contribution in [0.25, 0.3) is 16.9 Å². The third kappa shape index (κ3) is 0.945. The first-order valence-electron chi connectivity index (χ1n) is 5.33. The van der Waals surface area contributed by atoms with Crippen molar-refractivity contribution in [2.45, 2.75) is 0 Å². The summed E-state index contributed by atoms with van der Waals surface area (Å²) in [5.41, 5.74) is 3.90. The second-order valence-electron chi connectivity index (χ2n) is 4.00. The Hall–Kier alpha value is -2.49. The molecular formula is C13H7N3O. The van der Waals surface area contributed by atoms with Gasteiger partial charge >= 0.3 is 0 Å². The minimum atomic E-state index is 0.0282. The number of hydrogen-bond donors (Lipinski definition) is 0. The first kappa shape index (κ1) is 8.64. The summed E-state index contributed by atoms with van der Waals surface area (Å²) in [5.74, 6) is 0.0282. The van der Waals surface area contributed by atoms with Gasteiger partial charge in [-0.05, 0) is 0 Å². The monoisotopic (exact) mass is 221 g/mol. The number of hydrogen-bond acceptors (Lipinski definition) is 3. The van der Waals surface area contributed by atoms with Crippen LogP contribution >= 0.6 is 0 Å². The van der Waals surface area contributed by atoms with Gasteiger partial charge in [-0.1, -0.05) is 24.3 Å². The Balaban J connectivity index is 2.24. The standard InChI is InChI=1S/C13H7N3O/c17-13-9-4-2-1-3-8(9)12-10(13)7-14-11-5-6-15-16(11)12/h1-7H. The molecule has 4 heteroatoms. The highest BCUT2D eigenvalue weighted by molar-refractivity contribution is 6.21. The van der Waals surface area contributed by atoms with Crippen molar-refractivity contribution < 1.29 is 4.79 Å². The first-order valence-corrected chi connectivity index (χ1v) is 5.33. The van der Waals surface area contributed by atoms with E-state index in [1.54, 1.807) is 16.9 Å². The molecule has 0 radical (unpaired) electrons. The average Bonchev–Trinajstić information content (AvgIpc) is 2.93. The van der Waals surface area contributed by atoms with Crippen molar-refractivity contribution in [2.24, 2.45) is 0 Å². The van der Waals surface area contributed by atoms with Gasteiger partial charge in [-0.25, -0.2) is 9.50 Å². The van der Waals surface area contributed by atoms with Crippen LogP contribution in [-0.2, 0) is 0 Å². The molecular weight excluding hydrogens is 214 g/mol. The summed E-state index contributed by atoms with van der Waals surface area (Å²) in [7, 11) is 0. The summed E-state index contributed by atoms with van der Waals surface area (Å²) in [4.78, 5) is 16.4. The van der Waals surface area contributed by atoms with Crippen LogP contribution in [0.1, 0.15) is 15.9 Å². The van der Waals surface area contributed by atoms with Gasteiger partial charge in [-0.15, -0.1) is 0 Å². The molecule has 1 aliphatic rings. The first-order chi connectivity index (χ1) is 8.36. The van der Waals surface area contributed by atoms with Crippen molar-refractivity contribution in [1.29, 1.82) is 0 Å². The van der Waals surface area contributed by atoms with E-state index >= 15 is 0 Å². The lowest BCUT2D eigenvalue weighted by Crippen LogP contribution is -1.99. The number of aromatic nitrogens is 3. The summed E-state index contributed by atoms with van der Waals surface area (Å²) in [6.07, 6.45) is 3.32. The Kier molecular flexibility index (Phi) is 1.42. The van der Waals surface area contributed by atoms with E-state index in [0.29, 0.717) is 5.56 Å². The Labute approximate surface area is 96.5 Å². The van der Waals surface area contributed by atoms with Gasteiger partial charge in [0.15, 0.2) is 11.4 Å². The lowest BCUT2D eigenvalue weighted by molar-refractivity contribution is 0.104. The predicted molar refractivity (Wildman–Crippen MR) is 61.9 cm³/mol. The molecule has 17 heavy (non-hydrogen) atoms. The molecule has 2 aromatic heterocycles. The predicted octanol–water partition coefficient (Wildman–Crippen LogP) is 1.94. The Morgan fingerprint density at radius 2 is 1.82 bits per heavy atom. The summed E-state index contributed by atoms with van der Waals surface area (Å²) in [6, 6.07) is 9.41. The fourth-order valence-electron chi connectivity index (χ4n) is 2.33. The van der Waals surface area contributed by atoms with Crippen molar-refractivity contribution in [3.63, 3.8) is 0 Å². The summed E-state index contributed by atoms with van der Waals surface area (Å²) in [5, 5.41) is 4.23. The van der Waals surface area contributed by atoms with Crippen LogP contribution in [0.2, 0.25) is 0 Å². The molecule has 4 nitrogen and oxygen atoms in total. The van der Waals surface area contributed by atoms with E-state index in [2.05, 4.69) is 10.1 Å². The fourth-order valence-corrected chi connectivity index (χ4v) is 2.33. The second-order valence-corrected chi connectivity index (χ2v) is 4.00. The molecule has 80 valence electrons. The zero-order valence-electron chi connectivity index (χ0n) is 8.79. The van der Waals surface area contributed by atoms with Crippen LogP contribution in [0.4, 0.5) is 0 Å². The van der Waals surface area contributed by atoms with Crippen LogP contribution in [0.15, 0.2) is 42.7 Å². The molecule has 0 fully saturated rings. The molecule has 2 heterocycles. The van der Waals surface area contributed by atoms with Crippen LogP contribution in [0.5, 0.6) is 0 Å². The largest absolute Gasteiger partial charge is 0.288 e. The SMILES string of the molecule is O=C1c2ccccc2-c2c1cnc1ccnn21. The normalized spacial score (nSPS) is 12.8. The number of carbonyl (C=O) groups is 1. The van der Waals surface area contributed by atoms with E-state index in [9.17, 15) is 4.79 Å². The van der Waals surface area contributed by atoms with Crippen LogP contribution in [0.3, 0.4) is 0 Å². The Bertz CT molecular complexity index is 773. The van der Waals surface area contributed by atoms with Gasteiger partial charge in [0.05, 0.1) is 17.5 Å². The summed E-state index contributed by atoms with van der Waals surface area (Å²) in [6.45, 7) is 0. The van der Waals surface area contributed by atoms with Crippen molar-refractivity contribution in [3.05, 3.63) is 53.9 Å². The molecule has 0 N–H and O–H groups in total. The molecule has 3 aromatic rings. The van der Waals surface area contributed by atoms with Gasteiger partial charge in [-0.3, -0.25) is 4.79 Å². The van der Waals surface area contributed by atoms with Crippen LogP contribution < -0.4 is 0 Å². The van der Waals surface area contributed by atoms with Crippen LogP contribution in [-0.4, -0.2) is 20.4 Å². The van der Waals surface area contributed by atoms with Gasteiger partial charge < -0.3 is 0 Å². The second kappa shape index (κ2) is 2.79. The lowest BCUT2D eigenvalue weighted by Gasteiger charge is -2.02. The minimum Gasteiger partial charge on any atom is -0.288 e. The maximum Gasteiger partial charge on any atom is 0.197 e. The van der Waals surface area contributed by atoms with Crippen molar-refractivity contribution in [2.75, 3.05) is 0 Å². The number of rotatable bonds is 0. The topological polar surface area (TPSA) is 47.3 Å². The Morgan fingerprint density at radius 1 is 1.00 bits per heavy atom. The maximum atomic E-state index is 12.2. The molecule has 4 rings (SSSR count). The third-order valence-electron chi connectivity index (χ3n) is 3.09. The summed E-state index contributed by atoms with van der Waals surface area (Å²) >= 11 is 0. The Morgan fingerprint density at radius 3 is 2.71 bits per heavy atom. The number of fused-ring (bicyclic) bond motifs is 5. The molecule has 1 aromatic carbocycles. The minimum absolute atomic E-state index is 0.0282. The average molecular weight is 221 g/mol. The molecule has 0 bridgehead atoms. The van der Waals surface area contributed by atoms with E-state index in [1.165, 1.54) is 0 Å². The highest BCUT2D eigenvalue weighted by Gasteiger charge is 2.29. The van der Waals surface area contributed by atoms with E-state index in [4.69, 9.17) is 0 Å². The van der Waals surface area contributed by atoms with Crippen molar-refractivity contribution >= 4 is 11.4 Å². The van der Waals surface area contributed by atoms with E-state index < -0.39 is 0 Å². The lowest BCUT2D eigenvalue weighted by atomic mass is 10.1. The molecule has 0 atom stereocenters. The molecule has 0 aliphatic heterocycles. The van der Waals surface area contributed by atoms with Crippen molar-refractivity contribution in [3.8, 4) is 11.3 Å². The van der Waals surface area contributed by atoms with Gasteiger partial charge in [-0.2, -0.15) is 5.10 Å². The quantitative estimate of drug-likeness (QED) is 0.456. The molecule has 0 saturated heterocycles. The maximum absolute atomic E-state index is 12.2. The number of nitrogens with zero attached hydrogens (tertiary/aromatic N) is 3. The molecule has 0 amide bonds. The zero-order valence-corrected chi connectivity index (χ0v) is 8.79. The van der Waals surface area contributed by atoms with E-state index in [-0.39, 0.29) is 5.78 Å². The highest BCUT2D eigenvalue weighted by Crippen LogP contribution is 2.35. The van der Waals surface area contributed by atoms with Gasteiger partial charge in [0.2, 0.25) is 0 Å². The molecule has 0 saturated carbocycles. The zero-order chi connectivity index (χ0) is 11.4. The van der Waals surface area contributed by atoms with Gasteiger partial charge in [0.1, 0.15) is 0 Å². The summed E-state index contributed by atoms with van der Waals surface area (Å²) < 4.78 is 1.72. The van der Waals surface area contributed by atoms with E-state index in [1.807, 2.05) is 30.3 Å². The molecule has 0 unspecified atom stereocenters. The van der Waals surface area contributed by atoms with Gasteiger partial charge in [0.25, 0.3) is 0 Å². The fraction of sp³-hybridized carbons (Fsp3) is 0. The third-order valence-corrected chi connectivity index (χ3v) is 3.09. The molecule has 1 aliphatic carbocycles. The van der Waals surface area contributed by atoms with Crippen LogP contribution in [0, 0.1) is 0 Å².